The average molecular weight is 205 g/mol. The van der Waals surface area contributed by atoms with Crippen molar-refractivity contribution in [2.45, 2.75) is 12.8 Å². The topological polar surface area (TPSA) is 4.36 Å². The van der Waals surface area contributed by atoms with Crippen molar-refractivity contribution in [1.29, 1.82) is 0 Å². The maximum absolute atomic E-state index is 7.06. The molecule has 16 heavy (non-hydrogen) atoms. The molecule has 0 aliphatic heterocycles. The van der Waals surface area contributed by atoms with Crippen LogP contribution in [0.15, 0.2) is 42.5 Å². The molecule has 0 saturated carbocycles. The Hall–Kier alpha value is -2.07. The van der Waals surface area contributed by atoms with Crippen LogP contribution in [0.5, 0.6) is 0 Å². The van der Waals surface area contributed by atoms with E-state index in [0.717, 1.165) is 5.69 Å². The fourth-order valence-electron chi connectivity index (χ4n) is 2.51. The molecule has 0 aromatic heterocycles. The van der Waals surface area contributed by atoms with Crippen LogP contribution in [0.3, 0.4) is 0 Å². The van der Waals surface area contributed by atoms with E-state index in [1.165, 1.54) is 22.3 Å². The zero-order valence-corrected chi connectivity index (χ0v) is 9.07. The van der Waals surface area contributed by atoms with Gasteiger partial charge in [0, 0.05) is 5.92 Å². The molecule has 1 heteroatoms. The van der Waals surface area contributed by atoms with Gasteiger partial charge in [0.25, 0.3) is 0 Å². The van der Waals surface area contributed by atoms with Crippen LogP contribution in [0.25, 0.3) is 16.0 Å². The summed E-state index contributed by atoms with van der Waals surface area (Å²) in [6.45, 7) is 9.26. The Labute approximate surface area is 95.2 Å². The second kappa shape index (κ2) is 3.21. The number of nitrogens with zero attached hydrogens (tertiary/aromatic N) is 1. The summed E-state index contributed by atoms with van der Waals surface area (Å²) in [6, 6.07) is 14.5. The van der Waals surface area contributed by atoms with Gasteiger partial charge in [0.2, 0.25) is 0 Å². The van der Waals surface area contributed by atoms with Crippen molar-refractivity contribution in [3.8, 4) is 11.1 Å². The van der Waals surface area contributed by atoms with Gasteiger partial charge in [0.05, 0.1) is 6.57 Å². The summed E-state index contributed by atoms with van der Waals surface area (Å²) >= 11 is 0. The monoisotopic (exact) mass is 205 g/mol. The second-order valence-corrected chi connectivity index (χ2v) is 4.19. The third kappa shape index (κ3) is 1.10. The van der Waals surface area contributed by atoms with Crippen LogP contribution in [-0.2, 0) is 0 Å². The minimum atomic E-state index is 0.410. The van der Waals surface area contributed by atoms with Gasteiger partial charge in [-0.2, -0.15) is 0 Å². The molecule has 1 aliphatic carbocycles. The lowest BCUT2D eigenvalue weighted by molar-refractivity contribution is 0.957. The largest absolute Gasteiger partial charge is 0.238 e. The van der Waals surface area contributed by atoms with Crippen molar-refractivity contribution >= 4 is 5.69 Å². The Morgan fingerprint density at radius 3 is 2.56 bits per heavy atom. The normalized spacial score (nSPS) is 16.4. The molecule has 3 rings (SSSR count). The maximum atomic E-state index is 7.06. The van der Waals surface area contributed by atoms with E-state index in [0.29, 0.717) is 5.92 Å². The minimum Gasteiger partial charge on any atom is -0.238 e. The lowest BCUT2D eigenvalue weighted by Crippen LogP contribution is -1.88. The van der Waals surface area contributed by atoms with Crippen LogP contribution in [0, 0.1) is 6.57 Å². The lowest BCUT2D eigenvalue weighted by Gasteiger charge is -2.05. The van der Waals surface area contributed by atoms with Gasteiger partial charge in [0.1, 0.15) is 0 Å². The molecule has 1 aliphatic rings. The number of hydrogen-bond donors (Lipinski definition) is 0. The number of fused-ring (bicyclic) bond motifs is 3. The molecule has 0 saturated heterocycles. The van der Waals surface area contributed by atoms with E-state index < -0.39 is 0 Å². The molecule has 0 fully saturated rings. The molecule has 0 N–H and O–H groups in total. The van der Waals surface area contributed by atoms with Gasteiger partial charge >= 0.3 is 0 Å². The first kappa shape index (κ1) is 9.18. The quantitative estimate of drug-likeness (QED) is 0.562. The lowest BCUT2D eigenvalue weighted by atomic mass is 9.99. The first-order chi connectivity index (χ1) is 7.81. The van der Waals surface area contributed by atoms with Crippen molar-refractivity contribution in [1.82, 2.24) is 0 Å². The molecular weight excluding hydrogens is 194 g/mol. The molecule has 1 atom stereocenters. The van der Waals surface area contributed by atoms with Gasteiger partial charge in [0.15, 0.2) is 5.69 Å². The Balaban J connectivity index is 2.29. The highest BCUT2D eigenvalue weighted by Crippen LogP contribution is 2.45. The summed E-state index contributed by atoms with van der Waals surface area (Å²) in [4.78, 5) is 3.50. The van der Waals surface area contributed by atoms with Gasteiger partial charge in [-0.3, -0.25) is 0 Å². The van der Waals surface area contributed by atoms with E-state index in [1.54, 1.807) is 0 Å². The van der Waals surface area contributed by atoms with Gasteiger partial charge < -0.3 is 0 Å². The van der Waals surface area contributed by atoms with E-state index in [1.807, 2.05) is 12.1 Å². The van der Waals surface area contributed by atoms with Crippen LogP contribution < -0.4 is 0 Å². The first-order valence-corrected chi connectivity index (χ1v) is 5.42. The molecule has 1 nitrogen and oxygen atoms in total. The molecule has 0 bridgehead atoms. The molecule has 76 valence electrons. The van der Waals surface area contributed by atoms with Crippen molar-refractivity contribution < 1.29 is 0 Å². The van der Waals surface area contributed by atoms with Gasteiger partial charge in [-0.25, -0.2) is 4.85 Å². The zero-order chi connectivity index (χ0) is 11.1. The third-order valence-electron chi connectivity index (χ3n) is 3.35. The summed E-state index contributed by atoms with van der Waals surface area (Å²) in [5.74, 6) is 0.410. The summed E-state index contributed by atoms with van der Waals surface area (Å²) in [5.41, 5.74) is 6.00. The van der Waals surface area contributed by atoms with Gasteiger partial charge in [-0.05, 0) is 22.3 Å². The fourth-order valence-corrected chi connectivity index (χ4v) is 2.51. The Bertz CT molecular complexity index is 605. The van der Waals surface area contributed by atoms with Gasteiger partial charge in [-0.15, -0.1) is 0 Å². The second-order valence-electron chi connectivity index (χ2n) is 4.19. The zero-order valence-electron chi connectivity index (χ0n) is 9.07. The molecule has 0 heterocycles. The van der Waals surface area contributed by atoms with E-state index in [9.17, 15) is 0 Å². The molecule has 0 amide bonds. The molecule has 2 aromatic rings. The molecule has 1 unspecified atom stereocenters. The predicted octanol–water partition coefficient (Wildman–Crippen LogP) is 4.37. The van der Waals surface area contributed by atoms with Crippen molar-refractivity contribution in [2.75, 3.05) is 0 Å². The van der Waals surface area contributed by atoms with Crippen molar-refractivity contribution in [2.24, 2.45) is 0 Å². The third-order valence-corrected chi connectivity index (χ3v) is 3.35. The fraction of sp³-hybridized carbons (Fsp3) is 0.133. The van der Waals surface area contributed by atoms with E-state index in [2.05, 4.69) is 42.1 Å². The van der Waals surface area contributed by atoms with Crippen LogP contribution >= 0.6 is 0 Å². The first-order valence-electron chi connectivity index (χ1n) is 5.42. The van der Waals surface area contributed by atoms with Gasteiger partial charge in [-0.1, -0.05) is 49.4 Å². The molecule has 2 aromatic carbocycles. The van der Waals surface area contributed by atoms with E-state index in [-0.39, 0.29) is 0 Å². The van der Waals surface area contributed by atoms with Crippen LogP contribution in [0.4, 0.5) is 5.69 Å². The van der Waals surface area contributed by atoms with E-state index >= 15 is 0 Å². The van der Waals surface area contributed by atoms with Crippen LogP contribution in [0.1, 0.15) is 24.0 Å². The standard InChI is InChI=1S/C15H11N/c1-10-12-5-3-4-6-13(12)14-8-7-11(16-2)9-15(10)14/h3-10H,1H3. The Morgan fingerprint density at radius 2 is 1.75 bits per heavy atom. The van der Waals surface area contributed by atoms with Crippen molar-refractivity contribution in [3.05, 3.63) is 65.0 Å². The molecule has 0 spiro atoms. The number of rotatable bonds is 0. The molecule has 0 radical (unpaired) electrons. The van der Waals surface area contributed by atoms with Crippen LogP contribution in [-0.4, -0.2) is 0 Å². The number of hydrogen-bond acceptors (Lipinski definition) is 0. The van der Waals surface area contributed by atoms with Crippen molar-refractivity contribution in [3.63, 3.8) is 0 Å². The Morgan fingerprint density at radius 1 is 1.00 bits per heavy atom. The molecular formula is C15H11N. The maximum Gasteiger partial charge on any atom is 0.187 e. The predicted molar refractivity (Wildman–Crippen MR) is 65.7 cm³/mol. The van der Waals surface area contributed by atoms with E-state index in [4.69, 9.17) is 6.57 Å². The summed E-state index contributed by atoms with van der Waals surface area (Å²) in [6.07, 6.45) is 0. The smallest absolute Gasteiger partial charge is 0.187 e. The summed E-state index contributed by atoms with van der Waals surface area (Å²) in [5, 5.41) is 0. The summed E-state index contributed by atoms with van der Waals surface area (Å²) < 4.78 is 0. The SMILES string of the molecule is [C-]#[N+]c1ccc2c(c1)C(C)c1ccccc1-2. The summed E-state index contributed by atoms with van der Waals surface area (Å²) in [7, 11) is 0. The highest BCUT2D eigenvalue weighted by atomic mass is 14.6. The Kier molecular flexibility index (Phi) is 1.84. The highest BCUT2D eigenvalue weighted by molar-refractivity contribution is 5.80. The number of benzene rings is 2. The highest BCUT2D eigenvalue weighted by Gasteiger charge is 2.24. The average Bonchev–Trinajstić information content (AvgIpc) is 2.64. The van der Waals surface area contributed by atoms with Crippen LogP contribution in [0.2, 0.25) is 0 Å². The minimum absolute atomic E-state index is 0.410.